The molecule has 1 heterocycles. The Labute approximate surface area is 144 Å². The molecule has 3 aliphatic rings. The topological polar surface area (TPSA) is 32.8 Å². The van der Waals surface area contributed by atoms with Crippen molar-refractivity contribution in [2.24, 2.45) is 17.8 Å². The number of allylic oxidation sites excluding steroid dienone is 2. The van der Waals surface area contributed by atoms with Crippen LogP contribution in [0.25, 0.3) is 0 Å². The van der Waals surface area contributed by atoms with Crippen molar-refractivity contribution < 1.29 is 9.53 Å². The van der Waals surface area contributed by atoms with E-state index >= 15 is 0 Å². The zero-order valence-corrected chi connectivity index (χ0v) is 14.4. The van der Waals surface area contributed by atoms with Gasteiger partial charge in [0.25, 0.3) is 5.91 Å². The summed E-state index contributed by atoms with van der Waals surface area (Å²) in [6.07, 6.45) is 7.58. The van der Waals surface area contributed by atoms with Crippen LogP contribution >= 0.6 is 0 Å². The van der Waals surface area contributed by atoms with Crippen molar-refractivity contribution in [3.63, 3.8) is 0 Å². The first-order valence-corrected chi connectivity index (χ1v) is 9.07. The van der Waals surface area contributed by atoms with Gasteiger partial charge in [0.2, 0.25) is 0 Å². The Morgan fingerprint density at radius 3 is 2.67 bits per heavy atom. The number of ether oxygens (including phenoxy) is 1. The molecule has 1 saturated heterocycles. The second-order valence-corrected chi connectivity index (χ2v) is 7.37. The molecule has 1 aromatic carbocycles. The van der Waals surface area contributed by atoms with E-state index in [9.17, 15) is 4.79 Å². The molecule has 1 saturated carbocycles. The van der Waals surface area contributed by atoms with Crippen LogP contribution in [-0.4, -0.2) is 55.5 Å². The summed E-state index contributed by atoms with van der Waals surface area (Å²) in [5, 5.41) is 0. The number of carbonyl (C=O) groups excluding carboxylic acids is 1. The van der Waals surface area contributed by atoms with Crippen molar-refractivity contribution in [2.75, 3.05) is 39.8 Å². The molecule has 0 spiro atoms. The van der Waals surface area contributed by atoms with Crippen LogP contribution in [0.3, 0.4) is 0 Å². The molecule has 128 valence electrons. The highest BCUT2D eigenvalue weighted by molar-refractivity contribution is 5.94. The molecule has 1 amide bonds. The quantitative estimate of drug-likeness (QED) is 0.798. The number of amides is 1. The standard InChI is InChI=1S/C20H26N2O2/c1-24-19-4-2-3-17(13-19)20(23)22-9-7-21(8-10-22)14-18-12-15-5-6-16(18)11-15/h2-6,13,15-16,18H,7-12,14H2,1H3/t15-,16+,18+/m1/s1. The average molecular weight is 326 g/mol. The lowest BCUT2D eigenvalue weighted by Crippen LogP contribution is -2.50. The molecule has 0 N–H and O–H groups in total. The Kier molecular flexibility index (Phi) is 4.31. The van der Waals surface area contributed by atoms with Gasteiger partial charge < -0.3 is 9.64 Å². The lowest BCUT2D eigenvalue weighted by Gasteiger charge is -2.37. The van der Waals surface area contributed by atoms with Gasteiger partial charge in [-0.2, -0.15) is 0 Å². The Morgan fingerprint density at radius 1 is 1.17 bits per heavy atom. The fourth-order valence-corrected chi connectivity index (χ4v) is 4.51. The second-order valence-electron chi connectivity index (χ2n) is 7.37. The number of methoxy groups -OCH3 is 1. The number of hydrogen-bond acceptors (Lipinski definition) is 3. The van der Waals surface area contributed by atoms with E-state index in [0.717, 1.165) is 55.2 Å². The van der Waals surface area contributed by atoms with E-state index in [1.165, 1.54) is 19.4 Å². The van der Waals surface area contributed by atoms with Crippen LogP contribution in [0.1, 0.15) is 23.2 Å². The summed E-state index contributed by atoms with van der Waals surface area (Å²) >= 11 is 0. The molecule has 3 atom stereocenters. The molecule has 1 aromatic rings. The summed E-state index contributed by atoms with van der Waals surface area (Å²) in [6, 6.07) is 7.46. The predicted molar refractivity (Wildman–Crippen MR) is 94.2 cm³/mol. The summed E-state index contributed by atoms with van der Waals surface area (Å²) in [6.45, 7) is 4.84. The highest BCUT2D eigenvalue weighted by Gasteiger charge is 2.36. The first kappa shape index (κ1) is 15.7. The van der Waals surface area contributed by atoms with Crippen molar-refractivity contribution in [1.82, 2.24) is 9.80 Å². The summed E-state index contributed by atoms with van der Waals surface area (Å²) in [4.78, 5) is 17.2. The van der Waals surface area contributed by atoms with Crippen molar-refractivity contribution in [2.45, 2.75) is 12.8 Å². The zero-order valence-electron chi connectivity index (χ0n) is 14.4. The normalized spacial score (nSPS) is 29.2. The average Bonchev–Trinajstić information content (AvgIpc) is 3.25. The van der Waals surface area contributed by atoms with Crippen molar-refractivity contribution in [1.29, 1.82) is 0 Å². The fourth-order valence-electron chi connectivity index (χ4n) is 4.51. The highest BCUT2D eigenvalue weighted by atomic mass is 16.5. The van der Waals surface area contributed by atoms with Crippen molar-refractivity contribution in [3.8, 4) is 5.75 Å². The van der Waals surface area contributed by atoms with E-state index in [-0.39, 0.29) is 5.91 Å². The Hall–Kier alpha value is -1.81. The van der Waals surface area contributed by atoms with Crippen LogP contribution in [0.2, 0.25) is 0 Å². The van der Waals surface area contributed by atoms with Gasteiger partial charge in [0.05, 0.1) is 7.11 Å². The monoisotopic (exact) mass is 326 g/mol. The molecule has 2 aliphatic carbocycles. The minimum Gasteiger partial charge on any atom is -0.497 e. The molecule has 2 fully saturated rings. The minimum absolute atomic E-state index is 0.122. The third-order valence-electron chi connectivity index (χ3n) is 5.89. The summed E-state index contributed by atoms with van der Waals surface area (Å²) in [7, 11) is 1.63. The van der Waals surface area contributed by atoms with E-state index in [1.807, 2.05) is 29.2 Å². The number of rotatable bonds is 4. The van der Waals surface area contributed by atoms with Gasteiger partial charge in [0.1, 0.15) is 5.75 Å². The molecular formula is C20H26N2O2. The largest absolute Gasteiger partial charge is 0.497 e. The third kappa shape index (κ3) is 3.07. The number of carbonyl (C=O) groups is 1. The Bertz CT molecular complexity index is 634. The summed E-state index contributed by atoms with van der Waals surface area (Å²) < 4.78 is 5.22. The molecule has 4 rings (SSSR count). The fraction of sp³-hybridized carbons (Fsp3) is 0.550. The van der Waals surface area contributed by atoms with Gasteiger partial charge in [-0.15, -0.1) is 0 Å². The lowest BCUT2D eigenvalue weighted by molar-refractivity contribution is 0.0610. The third-order valence-corrected chi connectivity index (χ3v) is 5.89. The summed E-state index contributed by atoms with van der Waals surface area (Å²) in [5.41, 5.74) is 0.723. The van der Waals surface area contributed by atoms with Gasteiger partial charge in [0, 0.05) is 38.3 Å². The van der Waals surface area contributed by atoms with Crippen LogP contribution in [0.4, 0.5) is 0 Å². The molecule has 24 heavy (non-hydrogen) atoms. The molecule has 2 bridgehead atoms. The molecule has 0 aromatic heterocycles. The number of fused-ring (bicyclic) bond motifs is 2. The molecular weight excluding hydrogens is 300 g/mol. The SMILES string of the molecule is COc1cccc(C(=O)N2CCN(C[C@@H]3C[C@@H]4C=C[C@H]3C4)CC2)c1. The highest BCUT2D eigenvalue weighted by Crippen LogP contribution is 2.43. The minimum atomic E-state index is 0.122. The number of nitrogens with zero attached hydrogens (tertiary/aromatic N) is 2. The van der Waals surface area contributed by atoms with Gasteiger partial charge in [0.15, 0.2) is 0 Å². The Morgan fingerprint density at radius 2 is 2.00 bits per heavy atom. The maximum atomic E-state index is 12.7. The van der Waals surface area contributed by atoms with Gasteiger partial charge >= 0.3 is 0 Å². The van der Waals surface area contributed by atoms with Crippen LogP contribution in [0, 0.1) is 17.8 Å². The van der Waals surface area contributed by atoms with E-state index in [2.05, 4.69) is 17.1 Å². The first-order chi connectivity index (χ1) is 11.7. The van der Waals surface area contributed by atoms with E-state index in [1.54, 1.807) is 7.11 Å². The van der Waals surface area contributed by atoms with Crippen molar-refractivity contribution >= 4 is 5.91 Å². The van der Waals surface area contributed by atoms with E-state index in [0.29, 0.717) is 0 Å². The number of piperazine rings is 1. The lowest BCUT2D eigenvalue weighted by atomic mass is 9.93. The maximum absolute atomic E-state index is 12.7. The van der Waals surface area contributed by atoms with Gasteiger partial charge in [-0.1, -0.05) is 18.2 Å². The Balaban J connectivity index is 1.31. The van der Waals surface area contributed by atoms with Crippen LogP contribution in [-0.2, 0) is 0 Å². The second kappa shape index (κ2) is 6.60. The van der Waals surface area contributed by atoms with E-state index in [4.69, 9.17) is 4.74 Å². The smallest absolute Gasteiger partial charge is 0.254 e. The van der Waals surface area contributed by atoms with E-state index < -0.39 is 0 Å². The molecule has 4 heteroatoms. The van der Waals surface area contributed by atoms with Gasteiger partial charge in [-0.05, 0) is 48.8 Å². The maximum Gasteiger partial charge on any atom is 0.254 e. The van der Waals surface area contributed by atoms with Crippen molar-refractivity contribution in [3.05, 3.63) is 42.0 Å². The first-order valence-electron chi connectivity index (χ1n) is 9.07. The molecule has 0 radical (unpaired) electrons. The van der Waals surface area contributed by atoms with Gasteiger partial charge in [-0.25, -0.2) is 0 Å². The summed E-state index contributed by atoms with van der Waals surface area (Å²) in [5.74, 6) is 3.35. The van der Waals surface area contributed by atoms with Crippen LogP contribution < -0.4 is 4.74 Å². The molecule has 0 unspecified atom stereocenters. The van der Waals surface area contributed by atoms with Crippen LogP contribution in [0.5, 0.6) is 5.75 Å². The molecule has 1 aliphatic heterocycles. The van der Waals surface area contributed by atoms with Gasteiger partial charge in [-0.3, -0.25) is 9.69 Å². The molecule has 4 nitrogen and oxygen atoms in total. The van der Waals surface area contributed by atoms with Crippen LogP contribution in [0.15, 0.2) is 36.4 Å². The number of hydrogen-bond donors (Lipinski definition) is 0. The number of benzene rings is 1. The predicted octanol–water partition coefficient (Wildman–Crippen LogP) is 2.67. The zero-order chi connectivity index (χ0) is 16.5.